The molecule has 3 heteroatoms. The van der Waals surface area contributed by atoms with E-state index in [4.69, 9.17) is 5.73 Å². The zero-order chi connectivity index (χ0) is 6.85. The van der Waals surface area contributed by atoms with Crippen molar-refractivity contribution in [1.29, 1.82) is 0 Å². The Morgan fingerprint density at radius 2 is 2.44 bits per heavy atom. The molecule has 1 heterocycles. The predicted octanol–water partition coefficient (Wildman–Crippen LogP) is -0.0127. The molecule has 0 bridgehead atoms. The number of likely N-dealkylation sites (N-methyl/N-ethyl adjacent to an activating group) is 1. The molecule has 0 amide bonds. The van der Waals surface area contributed by atoms with E-state index in [1.165, 1.54) is 0 Å². The number of alkyl halides is 1. The van der Waals surface area contributed by atoms with E-state index in [2.05, 4.69) is 0 Å². The van der Waals surface area contributed by atoms with Crippen LogP contribution in [0.1, 0.15) is 6.42 Å². The van der Waals surface area contributed by atoms with E-state index in [0.29, 0.717) is 19.5 Å². The molecule has 54 valence electrons. The molecule has 1 rings (SSSR count). The average Bonchev–Trinajstić information content (AvgIpc) is 2.10. The molecule has 0 aromatic carbocycles. The first kappa shape index (κ1) is 6.96. The molecule has 0 aromatic heterocycles. The summed E-state index contributed by atoms with van der Waals surface area (Å²) in [4.78, 5) is 1.98. The highest BCUT2D eigenvalue weighted by atomic mass is 19.1. The van der Waals surface area contributed by atoms with Crippen LogP contribution in [0.5, 0.6) is 0 Å². The normalized spacial score (nSPS) is 37.7. The van der Waals surface area contributed by atoms with Crippen molar-refractivity contribution in [2.75, 3.05) is 20.1 Å². The zero-order valence-electron chi connectivity index (χ0n) is 5.68. The molecule has 2 atom stereocenters. The van der Waals surface area contributed by atoms with Gasteiger partial charge in [-0.05, 0) is 13.5 Å². The molecular formula is C6H13FN2. The van der Waals surface area contributed by atoms with Gasteiger partial charge in [-0.1, -0.05) is 0 Å². The zero-order valence-corrected chi connectivity index (χ0v) is 5.68. The minimum Gasteiger partial charge on any atom is -0.329 e. The number of nitrogens with zero attached hydrogens (tertiary/aromatic N) is 1. The van der Waals surface area contributed by atoms with Crippen molar-refractivity contribution < 1.29 is 4.39 Å². The first-order valence-electron chi connectivity index (χ1n) is 3.28. The third-order valence-electron chi connectivity index (χ3n) is 1.91. The number of nitrogens with two attached hydrogens (primary N) is 1. The molecule has 0 unspecified atom stereocenters. The SMILES string of the molecule is CN1C[C@@H](F)C[C@H]1CN. The van der Waals surface area contributed by atoms with E-state index >= 15 is 0 Å². The maximum Gasteiger partial charge on any atom is 0.114 e. The van der Waals surface area contributed by atoms with Crippen molar-refractivity contribution in [1.82, 2.24) is 4.90 Å². The fourth-order valence-corrected chi connectivity index (χ4v) is 1.29. The third-order valence-corrected chi connectivity index (χ3v) is 1.91. The summed E-state index contributed by atoms with van der Waals surface area (Å²) in [5, 5.41) is 0. The monoisotopic (exact) mass is 132 g/mol. The Hall–Kier alpha value is -0.150. The second-order valence-electron chi connectivity index (χ2n) is 2.66. The van der Waals surface area contributed by atoms with E-state index in [1.54, 1.807) is 0 Å². The largest absolute Gasteiger partial charge is 0.329 e. The van der Waals surface area contributed by atoms with Crippen LogP contribution in [0.3, 0.4) is 0 Å². The lowest BCUT2D eigenvalue weighted by molar-refractivity contribution is 0.297. The summed E-state index contributed by atoms with van der Waals surface area (Å²) >= 11 is 0. The molecule has 1 aliphatic heterocycles. The van der Waals surface area contributed by atoms with Crippen LogP contribution in [0.15, 0.2) is 0 Å². The van der Waals surface area contributed by atoms with Crippen LogP contribution in [0.2, 0.25) is 0 Å². The standard InChI is InChI=1S/C6H13FN2/c1-9-4-5(7)2-6(9)3-8/h5-6H,2-4,8H2,1H3/t5-,6-/m0/s1. The first-order valence-corrected chi connectivity index (χ1v) is 3.28. The fraction of sp³-hybridized carbons (Fsp3) is 1.00. The molecule has 0 saturated carbocycles. The summed E-state index contributed by atoms with van der Waals surface area (Å²) in [5.41, 5.74) is 5.38. The molecule has 0 spiro atoms. The van der Waals surface area contributed by atoms with Gasteiger partial charge in [0.1, 0.15) is 6.17 Å². The van der Waals surface area contributed by atoms with Crippen molar-refractivity contribution in [2.24, 2.45) is 5.73 Å². The fourth-order valence-electron chi connectivity index (χ4n) is 1.29. The van der Waals surface area contributed by atoms with Gasteiger partial charge in [0.2, 0.25) is 0 Å². The quantitative estimate of drug-likeness (QED) is 0.543. The molecule has 1 saturated heterocycles. The minimum absolute atomic E-state index is 0.278. The van der Waals surface area contributed by atoms with Crippen LogP contribution in [0.25, 0.3) is 0 Å². The van der Waals surface area contributed by atoms with Gasteiger partial charge in [-0.2, -0.15) is 0 Å². The average molecular weight is 132 g/mol. The van der Waals surface area contributed by atoms with Gasteiger partial charge in [0, 0.05) is 19.1 Å². The van der Waals surface area contributed by atoms with E-state index in [1.807, 2.05) is 11.9 Å². The summed E-state index contributed by atoms with van der Waals surface area (Å²) in [7, 11) is 1.91. The van der Waals surface area contributed by atoms with Gasteiger partial charge >= 0.3 is 0 Å². The highest BCUT2D eigenvalue weighted by Gasteiger charge is 2.27. The predicted molar refractivity (Wildman–Crippen MR) is 35.0 cm³/mol. The van der Waals surface area contributed by atoms with Crippen LogP contribution in [-0.4, -0.2) is 37.3 Å². The molecule has 0 aromatic rings. The number of likely N-dealkylation sites (tertiary alicyclic amines) is 1. The van der Waals surface area contributed by atoms with Crippen LogP contribution >= 0.6 is 0 Å². The highest BCUT2D eigenvalue weighted by Crippen LogP contribution is 2.16. The van der Waals surface area contributed by atoms with Crippen LogP contribution < -0.4 is 5.73 Å². The van der Waals surface area contributed by atoms with E-state index in [0.717, 1.165) is 0 Å². The van der Waals surface area contributed by atoms with E-state index < -0.39 is 6.17 Å². The topological polar surface area (TPSA) is 29.3 Å². The summed E-state index contributed by atoms with van der Waals surface area (Å²) in [5.74, 6) is 0. The Morgan fingerprint density at radius 3 is 2.67 bits per heavy atom. The van der Waals surface area contributed by atoms with Gasteiger partial charge in [-0.15, -0.1) is 0 Å². The Bertz CT molecular complexity index is 97.1. The lowest BCUT2D eigenvalue weighted by Gasteiger charge is -2.15. The Labute approximate surface area is 54.8 Å². The van der Waals surface area contributed by atoms with Crippen LogP contribution in [0.4, 0.5) is 4.39 Å². The lowest BCUT2D eigenvalue weighted by Crippen LogP contribution is -2.31. The van der Waals surface area contributed by atoms with Crippen LogP contribution in [-0.2, 0) is 0 Å². The summed E-state index contributed by atoms with van der Waals surface area (Å²) < 4.78 is 12.5. The second kappa shape index (κ2) is 2.62. The molecule has 2 nitrogen and oxygen atoms in total. The Kier molecular flexibility index (Phi) is 2.03. The van der Waals surface area contributed by atoms with Gasteiger partial charge in [-0.3, -0.25) is 4.90 Å². The molecular weight excluding hydrogens is 119 g/mol. The lowest BCUT2D eigenvalue weighted by atomic mass is 10.2. The number of rotatable bonds is 1. The van der Waals surface area contributed by atoms with Gasteiger partial charge in [-0.25, -0.2) is 4.39 Å². The molecule has 9 heavy (non-hydrogen) atoms. The van der Waals surface area contributed by atoms with Gasteiger partial charge < -0.3 is 5.73 Å². The first-order chi connectivity index (χ1) is 4.24. The summed E-state index contributed by atoms with van der Waals surface area (Å²) in [6, 6.07) is 0.278. The summed E-state index contributed by atoms with van der Waals surface area (Å²) in [6.07, 6.45) is -0.0314. The number of halogens is 1. The highest BCUT2D eigenvalue weighted by molar-refractivity contribution is 4.83. The third kappa shape index (κ3) is 1.40. The van der Waals surface area contributed by atoms with Crippen molar-refractivity contribution in [2.45, 2.75) is 18.6 Å². The second-order valence-corrected chi connectivity index (χ2v) is 2.66. The number of hydrogen-bond acceptors (Lipinski definition) is 2. The van der Waals surface area contributed by atoms with E-state index in [9.17, 15) is 4.39 Å². The van der Waals surface area contributed by atoms with Gasteiger partial charge in [0.05, 0.1) is 0 Å². The molecule has 1 aliphatic rings. The maximum absolute atomic E-state index is 12.5. The van der Waals surface area contributed by atoms with E-state index in [-0.39, 0.29) is 6.04 Å². The van der Waals surface area contributed by atoms with Crippen molar-refractivity contribution in [3.63, 3.8) is 0 Å². The van der Waals surface area contributed by atoms with Gasteiger partial charge in [0.15, 0.2) is 0 Å². The molecule has 2 N–H and O–H groups in total. The van der Waals surface area contributed by atoms with Crippen LogP contribution in [0, 0.1) is 0 Å². The molecule has 1 fully saturated rings. The Morgan fingerprint density at radius 1 is 1.78 bits per heavy atom. The minimum atomic E-state index is -0.649. The summed E-state index contributed by atoms with van der Waals surface area (Å²) in [6.45, 7) is 1.14. The van der Waals surface area contributed by atoms with Crippen molar-refractivity contribution in [3.05, 3.63) is 0 Å². The molecule has 0 aliphatic carbocycles. The number of hydrogen-bond donors (Lipinski definition) is 1. The van der Waals surface area contributed by atoms with Gasteiger partial charge in [0.25, 0.3) is 0 Å². The molecule has 0 radical (unpaired) electrons. The Balaban J connectivity index is 2.38. The maximum atomic E-state index is 12.5. The van der Waals surface area contributed by atoms with Crippen molar-refractivity contribution >= 4 is 0 Å². The van der Waals surface area contributed by atoms with Crippen molar-refractivity contribution in [3.8, 4) is 0 Å². The smallest absolute Gasteiger partial charge is 0.114 e.